The molecule has 5 nitrogen and oxygen atoms in total. The van der Waals surface area contributed by atoms with Crippen LogP contribution in [0.4, 0.5) is 0 Å². The smallest absolute Gasteiger partial charge is 0.198 e. The SMILES string of the molecule is [2H]C(=O)[C@H]1C[C@H]2[C@H]3OO[C@H](O3)[C@H]2[C@H]1C(=O)CCCCCCCC. The van der Waals surface area contributed by atoms with Crippen molar-refractivity contribution in [2.45, 2.75) is 70.9 Å². The normalized spacial score (nSPS) is 39.8. The molecule has 3 aliphatic rings. The van der Waals surface area contributed by atoms with Crippen molar-refractivity contribution < 1.29 is 25.5 Å². The van der Waals surface area contributed by atoms with Crippen molar-refractivity contribution in [3.8, 4) is 0 Å². The molecule has 0 unspecified atom stereocenters. The van der Waals surface area contributed by atoms with Crippen LogP contribution < -0.4 is 0 Å². The summed E-state index contributed by atoms with van der Waals surface area (Å²) in [6, 6.07) is 0. The molecule has 0 N–H and O–H groups in total. The van der Waals surface area contributed by atoms with Crippen molar-refractivity contribution in [3.63, 3.8) is 0 Å². The first-order chi connectivity index (χ1) is 11.1. The summed E-state index contributed by atoms with van der Waals surface area (Å²) >= 11 is 0. The lowest BCUT2D eigenvalue weighted by Crippen LogP contribution is -2.34. The zero-order valence-electron chi connectivity index (χ0n) is 14.2. The minimum absolute atomic E-state index is 0.00607. The van der Waals surface area contributed by atoms with Gasteiger partial charge in [0.05, 0.1) is 0 Å². The maximum Gasteiger partial charge on any atom is 0.198 e. The maximum absolute atomic E-state index is 12.7. The minimum atomic E-state index is -0.639. The van der Waals surface area contributed by atoms with Crippen LogP contribution in [0.5, 0.6) is 0 Å². The van der Waals surface area contributed by atoms with Crippen LogP contribution in [-0.4, -0.2) is 24.6 Å². The second-order valence-electron chi connectivity index (χ2n) is 6.78. The molecule has 22 heavy (non-hydrogen) atoms. The van der Waals surface area contributed by atoms with Crippen molar-refractivity contribution in [1.29, 1.82) is 0 Å². The number of Topliss-reactive ketones (excluding diaryl/α,β-unsaturated/α-hetero) is 1. The van der Waals surface area contributed by atoms with Gasteiger partial charge in [-0.2, -0.15) is 0 Å². The maximum atomic E-state index is 12.7. The number of rotatable bonds is 9. The standard InChI is InChI=1S/C17H26O5/c1-2-3-4-5-6-7-8-13(19)14-11(10-18)9-12-15(14)17-20-16(12)21-22-17/h10-12,14-17H,2-9H2,1H3/t11-,12-,14-,15-,16-,17+/m1/s1/i10D. The number of hydrogen-bond acceptors (Lipinski definition) is 5. The molecule has 2 bridgehead atoms. The average Bonchev–Trinajstić information content (AvgIpc) is 3.20. The molecule has 0 aromatic rings. The zero-order chi connectivity index (χ0) is 16.4. The molecule has 0 spiro atoms. The topological polar surface area (TPSA) is 61.8 Å². The van der Waals surface area contributed by atoms with Crippen molar-refractivity contribution >= 4 is 12.0 Å². The predicted octanol–water partition coefficient (Wildman–Crippen LogP) is 3.02. The summed E-state index contributed by atoms with van der Waals surface area (Å²) in [4.78, 5) is 34.5. The third kappa shape index (κ3) is 2.99. The number of carbonyl (C=O) groups is 2. The molecule has 1 aliphatic carbocycles. The molecule has 0 radical (unpaired) electrons. The number of ether oxygens (including phenoxy) is 1. The van der Waals surface area contributed by atoms with Crippen LogP contribution in [0.25, 0.3) is 0 Å². The summed E-state index contributed by atoms with van der Waals surface area (Å²) in [5.41, 5.74) is 0. The molecule has 0 amide bonds. The highest BCUT2D eigenvalue weighted by atomic mass is 17.3. The van der Waals surface area contributed by atoms with Crippen LogP contribution in [0.1, 0.15) is 59.7 Å². The molecular weight excluding hydrogens is 284 g/mol. The fourth-order valence-electron chi connectivity index (χ4n) is 4.22. The van der Waals surface area contributed by atoms with Gasteiger partial charge in [0, 0.05) is 30.1 Å². The minimum Gasteiger partial charge on any atom is -0.317 e. The van der Waals surface area contributed by atoms with Gasteiger partial charge in [0.2, 0.25) is 0 Å². The number of hydrogen-bond donors (Lipinski definition) is 0. The quantitative estimate of drug-likeness (QED) is 0.372. The van der Waals surface area contributed by atoms with Gasteiger partial charge in [0.1, 0.15) is 13.4 Å². The van der Waals surface area contributed by atoms with Gasteiger partial charge in [0.25, 0.3) is 0 Å². The van der Waals surface area contributed by atoms with Crippen molar-refractivity contribution in [2.75, 3.05) is 0 Å². The summed E-state index contributed by atoms with van der Waals surface area (Å²) in [7, 11) is 0. The van der Waals surface area contributed by atoms with Gasteiger partial charge < -0.3 is 9.53 Å². The number of aldehydes is 1. The Hall–Kier alpha value is -0.780. The monoisotopic (exact) mass is 311 g/mol. The Morgan fingerprint density at radius 3 is 2.68 bits per heavy atom. The summed E-state index contributed by atoms with van der Waals surface area (Å²) in [5, 5.41) is 0. The number of ketones is 1. The summed E-state index contributed by atoms with van der Waals surface area (Å²) < 4.78 is 13.1. The number of carbonyl (C=O) groups excluding carboxylic acids is 2. The van der Waals surface area contributed by atoms with E-state index in [0.29, 0.717) is 12.8 Å². The molecule has 6 atom stereocenters. The highest BCUT2D eigenvalue weighted by Gasteiger charge is 2.62. The van der Waals surface area contributed by atoms with Gasteiger partial charge in [-0.15, -0.1) is 0 Å². The molecule has 1 saturated carbocycles. The lowest BCUT2D eigenvalue weighted by atomic mass is 9.82. The first-order valence-electron chi connectivity index (χ1n) is 9.14. The van der Waals surface area contributed by atoms with Crippen LogP contribution in [0.3, 0.4) is 0 Å². The zero-order valence-corrected chi connectivity index (χ0v) is 13.2. The van der Waals surface area contributed by atoms with Crippen LogP contribution in [0.15, 0.2) is 0 Å². The van der Waals surface area contributed by atoms with E-state index in [4.69, 9.17) is 15.9 Å². The van der Waals surface area contributed by atoms with Gasteiger partial charge in [-0.05, 0) is 12.8 Å². The molecule has 0 aromatic heterocycles. The fourth-order valence-corrected chi connectivity index (χ4v) is 4.22. The van der Waals surface area contributed by atoms with Crippen LogP contribution >= 0.6 is 0 Å². The van der Waals surface area contributed by atoms with Crippen LogP contribution in [0.2, 0.25) is 0 Å². The Balaban J connectivity index is 1.55. The van der Waals surface area contributed by atoms with E-state index in [1.807, 2.05) is 0 Å². The lowest BCUT2D eigenvalue weighted by Gasteiger charge is -2.24. The van der Waals surface area contributed by atoms with E-state index >= 15 is 0 Å². The second-order valence-corrected chi connectivity index (χ2v) is 6.78. The van der Waals surface area contributed by atoms with E-state index in [1.54, 1.807) is 0 Å². The Morgan fingerprint density at radius 2 is 1.91 bits per heavy atom. The Bertz CT molecular complexity index is 454. The Kier molecular flexibility index (Phi) is 4.84. The van der Waals surface area contributed by atoms with Crippen LogP contribution in [0, 0.1) is 23.7 Å². The Labute approximate surface area is 133 Å². The molecule has 124 valence electrons. The molecule has 2 saturated heterocycles. The van der Waals surface area contributed by atoms with Gasteiger partial charge in [-0.1, -0.05) is 39.0 Å². The Morgan fingerprint density at radius 1 is 1.18 bits per heavy atom. The molecule has 2 heterocycles. The highest BCUT2D eigenvalue weighted by molar-refractivity contribution is 5.85. The summed E-state index contributed by atoms with van der Waals surface area (Å²) in [6.45, 7) is 2.18. The van der Waals surface area contributed by atoms with Crippen molar-refractivity contribution in [3.05, 3.63) is 0 Å². The third-order valence-corrected chi connectivity index (χ3v) is 5.35. The van der Waals surface area contributed by atoms with E-state index in [-0.39, 0.29) is 17.6 Å². The van der Waals surface area contributed by atoms with E-state index in [2.05, 4.69) is 6.92 Å². The van der Waals surface area contributed by atoms with E-state index in [9.17, 15) is 9.59 Å². The van der Waals surface area contributed by atoms with Crippen molar-refractivity contribution in [1.82, 2.24) is 0 Å². The summed E-state index contributed by atoms with van der Waals surface area (Å²) in [6.07, 6.45) is 6.07. The lowest BCUT2D eigenvalue weighted by molar-refractivity contribution is -0.339. The van der Waals surface area contributed by atoms with Crippen molar-refractivity contribution in [2.24, 2.45) is 23.7 Å². The van der Waals surface area contributed by atoms with Gasteiger partial charge >= 0.3 is 0 Å². The first-order valence-corrected chi connectivity index (χ1v) is 8.64. The molecule has 2 aliphatic heterocycles. The largest absolute Gasteiger partial charge is 0.317 e. The number of unbranched alkanes of at least 4 members (excludes halogenated alkanes) is 5. The van der Waals surface area contributed by atoms with E-state index in [1.165, 1.54) is 19.3 Å². The van der Waals surface area contributed by atoms with E-state index in [0.717, 1.165) is 19.3 Å². The molecule has 3 fully saturated rings. The van der Waals surface area contributed by atoms with Crippen LogP contribution in [-0.2, 0) is 24.1 Å². The molecule has 5 heteroatoms. The van der Waals surface area contributed by atoms with Gasteiger partial charge in [-0.25, -0.2) is 9.78 Å². The number of fused-ring (bicyclic) bond motifs is 5. The van der Waals surface area contributed by atoms with Gasteiger partial charge in [0.15, 0.2) is 12.6 Å². The van der Waals surface area contributed by atoms with E-state index < -0.39 is 30.7 Å². The van der Waals surface area contributed by atoms with Gasteiger partial charge in [-0.3, -0.25) is 4.79 Å². The average molecular weight is 311 g/mol. The second kappa shape index (κ2) is 7.20. The predicted molar refractivity (Wildman–Crippen MR) is 78.5 cm³/mol. The molecular formula is C17H26O5. The highest BCUT2D eigenvalue weighted by Crippen LogP contribution is 2.54. The molecule has 0 aromatic carbocycles. The molecule has 3 rings (SSSR count). The third-order valence-electron chi connectivity index (χ3n) is 5.35. The fraction of sp³-hybridized carbons (Fsp3) is 0.882. The first kappa shape index (κ1) is 14.8. The summed E-state index contributed by atoms with van der Waals surface area (Å²) in [5.74, 6) is -0.970.